The summed E-state index contributed by atoms with van der Waals surface area (Å²) < 4.78 is 1.86. The molecule has 1 fully saturated rings. The van der Waals surface area contributed by atoms with E-state index in [1.807, 2.05) is 43.9 Å². The summed E-state index contributed by atoms with van der Waals surface area (Å²) in [5.41, 5.74) is 0.701. The van der Waals surface area contributed by atoms with Gasteiger partial charge in [-0.2, -0.15) is 0 Å². The molecule has 6 nitrogen and oxygen atoms in total. The number of urea groups is 1. The zero-order chi connectivity index (χ0) is 14.7. The van der Waals surface area contributed by atoms with E-state index in [4.69, 9.17) is 0 Å². The van der Waals surface area contributed by atoms with E-state index in [0.29, 0.717) is 31.7 Å². The van der Waals surface area contributed by atoms with E-state index < -0.39 is 0 Å². The Hall–Kier alpha value is -1.98. The molecule has 1 saturated heterocycles. The maximum absolute atomic E-state index is 12.3. The van der Waals surface area contributed by atoms with E-state index in [2.05, 4.69) is 5.32 Å². The Labute approximate surface area is 119 Å². The van der Waals surface area contributed by atoms with Crippen molar-refractivity contribution in [3.05, 3.63) is 24.0 Å². The number of hydrogen-bond donors (Lipinski definition) is 1. The fourth-order valence-electron chi connectivity index (χ4n) is 2.26. The van der Waals surface area contributed by atoms with Crippen molar-refractivity contribution in [2.24, 2.45) is 7.05 Å². The highest BCUT2D eigenvalue weighted by atomic mass is 16.2. The second kappa shape index (κ2) is 5.98. The molecule has 0 atom stereocenters. The first-order valence-corrected chi connectivity index (χ1v) is 6.94. The first-order chi connectivity index (χ1) is 9.47. The summed E-state index contributed by atoms with van der Waals surface area (Å²) in [6.07, 6.45) is 3.68. The van der Waals surface area contributed by atoms with Crippen LogP contribution in [0.1, 0.15) is 24.2 Å². The van der Waals surface area contributed by atoms with Crippen LogP contribution in [0.4, 0.5) is 4.79 Å². The van der Waals surface area contributed by atoms with Crippen LogP contribution >= 0.6 is 0 Å². The Morgan fingerprint density at radius 3 is 2.25 bits per heavy atom. The highest BCUT2D eigenvalue weighted by molar-refractivity contribution is 5.94. The Morgan fingerprint density at radius 2 is 1.75 bits per heavy atom. The smallest absolute Gasteiger partial charge is 0.317 e. The quantitative estimate of drug-likeness (QED) is 0.874. The average molecular weight is 278 g/mol. The molecule has 0 bridgehead atoms. The number of nitrogens with one attached hydrogen (secondary N) is 1. The maximum Gasteiger partial charge on any atom is 0.317 e. The second-order valence-electron chi connectivity index (χ2n) is 5.45. The van der Waals surface area contributed by atoms with Gasteiger partial charge in [-0.15, -0.1) is 0 Å². The summed E-state index contributed by atoms with van der Waals surface area (Å²) in [5.74, 6) is 0.0366. The van der Waals surface area contributed by atoms with Crippen molar-refractivity contribution in [1.82, 2.24) is 19.7 Å². The first kappa shape index (κ1) is 14.4. The van der Waals surface area contributed by atoms with E-state index in [9.17, 15) is 9.59 Å². The minimum atomic E-state index is -0.0492. The zero-order valence-corrected chi connectivity index (χ0v) is 12.3. The molecule has 0 aliphatic carbocycles. The van der Waals surface area contributed by atoms with Crippen LogP contribution in [0.25, 0.3) is 0 Å². The minimum Gasteiger partial charge on any atom is -0.356 e. The highest BCUT2D eigenvalue weighted by Crippen LogP contribution is 2.09. The van der Waals surface area contributed by atoms with Gasteiger partial charge in [0, 0.05) is 51.7 Å². The van der Waals surface area contributed by atoms with Gasteiger partial charge < -0.3 is 19.7 Å². The van der Waals surface area contributed by atoms with Gasteiger partial charge in [0.25, 0.3) is 5.91 Å². The Kier molecular flexibility index (Phi) is 4.32. The predicted molar refractivity (Wildman–Crippen MR) is 76.6 cm³/mol. The third-order valence-electron chi connectivity index (χ3n) is 3.35. The molecule has 1 aliphatic rings. The van der Waals surface area contributed by atoms with Crippen LogP contribution in [0.15, 0.2) is 18.5 Å². The van der Waals surface area contributed by atoms with Crippen molar-refractivity contribution in [2.75, 3.05) is 26.2 Å². The standard InChI is InChI=1S/C14H22N4O2/c1-11(2)15-14(20)18-8-6-17(7-9-18)13(19)12-4-5-16(3)10-12/h4-5,10-11H,6-9H2,1-3H3,(H,15,20). The van der Waals surface area contributed by atoms with Gasteiger partial charge in [-0.3, -0.25) is 4.79 Å². The van der Waals surface area contributed by atoms with Crippen LogP contribution in [0.5, 0.6) is 0 Å². The molecule has 1 N–H and O–H groups in total. The lowest BCUT2D eigenvalue weighted by molar-refractivity contribution is 0.0664. The Balaban J connectivity index is 1.88. The Morgan fingerprint density at radius 1 is 1.15 bits per heavy atom. The molecule has 0 saturated carbocycles. The molecule has 3 amide bonds. The first-order valence-electron chi connectivity index (χ1n) is 6.94. The lowest BCUT2D eigenvalue weighted by Gasteiger charge is -2.35. The third kappa shape index (κ3) is 3.31. The summed E-state index contributed by atoms with van der Waals surface area (Å²) in [6, 6.07) is 1.90. The van der Waals surface area contributed by atoms with E-state index >= 15 is 0 Å². The number of aryl methyl sites for hydroxylation is 1. The molecule has 0 spiro atoms. The molecule has 0 unspecified atom stereocenters. The fraction of sp³-hybridized carbons (Fsp3) is 0.571. The number of rotatable bonds is 2. The van der Waals surface area contributed by atoms with Crippen molar-refractivity contribution < 1.29 is 9.59 Å². The highest BCUT2D eigenvalue weighted by Gasteiger charge is 2.25. The van der Waals surface area contributed by atoms with Gasteiger partial charge in [-0.25, -0.2) is 4.79 Å². The third-order valence-corrected chi connectivity index (χ3v) is 3.35. The molecule has 2 rings (SSSR count). The second-order valence-corrected chi connectivity index (χ2v) is 5.45. The van der Waals surface area contributed by atoms with Gasteiger partial charge in [0.05, 0.1) is 5.56 Å². The number of carbonyl (C=O) groups excluding carboxylic acids is 2. The molecule has 110 valence electrons. The fourth-order valence-corrected chi connectivity index (χ4v) is 2.26. The van der Waals surface area contributed by atoms with Gasteiger partial charge in [0.2, 0.25) is 0 Å². The van der Waals surface area contributed by atoms with Gasteiger partial charge in [0.15, 0.2) is 0 Å². The number of carbonyl (C=O) groups is 2. The van der Waals surface area contributed by atoms with Crippen LogP contribution in [0, 0.1) is 0 Å². The average Bonchev–Trinajstić information content (AvgIpc) is 2.84. The number of nitrogens with zero attached hydrogens (tertiary/aromatic N) is 3. The van der Waals surface area contributed by atoms with Gasteiger partial charge in [-0.05, 0) is 19.9 Å². The molecular weight excluding hydrogens is 256 g/mol. The summed E-state index contributed by atoms with van der Waals surface area (Å²) in [6.45, 7) is 6.20. The number of hydrogen-bond acceptors (Lipinski definition) is 2. The van der Waals surface area contributed by atoms with Crippen molar-refractivity contribution in [3.8, 4) is 0 Å². The number of amides is 3. The molecule has 20 heavy (non-hydrogen) atoms. The van der Waals surface area contributed by atoms with Crippen LogP contribution in [0.3, 0.4) is 0 Å². The lowest BCUT2D eigenvalue weighted by atomic mass is 10.2. The molecule has 0 aromatic carbocycles. The topological polar surface area (TPSA) is 57.6 Å². The van der Waals surface area contributed by atoms with Crippen molar-refractivity contribution in [2.45, 2.75) is 19.9 Å². The van der Waals surface area contributed by atoms with E-state index in [-0.39, 0.29) is 18.0 Å². The number of aromatic nitrogens is 1. The molecule has 1 aliphatic heterocycles. The molecular formula is C14H22N4O2. The van der Waals surface area contributed by atoms with E-state index in [0.717, 1.165) is 0 Å². The molecule has 2 heterocycles. The zero-order valence-electron chi connectivity index (χ0n) is 12.3. The van der Waals surface area contributed by atoms with Crippen LogP contribution in [-0.2, 0) is 7.05 Å². The largest absolute Gasteiger partial charge is 0.356 e. The summed E-state index contributed by atoms with van der Waals surface area (Å²) >= 11 is 0. The van der Waals surface area contributed by atoms with Crippen molar-refractivity contribution in [1.29, 1.82) is 0 Å². The molecule has 0 radical (unpaired) electrons. The van der Waals surface area contributed by atoms with Crippen LogP contribution < -0.4 is 5.32 Å². The molecule has 1 aromatic heterocycles. The monoisotopic (exact) mass is 278 g/mol. The van der Waals surface area contributed by atoms with Gasteiger partial charge >= 0.3 is 6.03 Å². The summed E-state index contributed by atoms with van der Waals surface area (Å²) in [5, 5.41) is 2.87. The summed E-state index contributed by atoms with van der Waals surface area (Å²) in [7, 11) is 1.89. The number of piperazine rings is 1. The Bertz CT molecular complexity index is 487. The van der Waals surface area contributed by atoms with E-state index in [1.165, 1.54) is 0 Å². The van der Waals surface area contributed by atoms with Gasteiger partial charge in [0.1, 0.15) is 0 Å². The van der Waals surface area contributed by atoms with E-state index in [1.54, 1.807) is 9.80 Å². The molecule has 1 aromatic rings. The van der Waals surface area contributed by atoms with Crippen molar-refractivity contribution >= 4 is 11.9 Å². The van der Waals surface area contributed by atoms with Crippen LogP contribution in [-0.4, -0.2) is 58.5 Å². The van der Waals surface area contributed by atoms with Gasteiger partial charge in [-0.1, -0.05) is 0 Å². The predicted octanol–water partition coefficient (Wildman–Crippen LogP) is 0.901. The molecule has 6 heteroatoms. The minimum absolute atomic E-state index is 0.0366. The van der Waals surface area contributed by atoms with Crippen molar-refractivity contribution in [3.63, 3.8) is 0 Å². The normalized spacial score (nSPS) is 15.6. The van der Waals surface area contributed by atoms with Crippen LogP contribution in [0.2, 0.25) is 0 Å². The lowest BCUT2D eigenvalue weighted by Crippen LogP contribution is -2.54. The SMILES string of the molecule is CC(C)NC(=O)N1CCN(C(=O)c2ccn(C)c2)CC1. The maximum atomic E-state index is 12.3. The summed E-state index contributed by atoms with van der Waals surface area (Å²) in [4.78, 5) is 27.7.